The molecule has 3 aromatic rings. The summed E-state index contributed by atoms with van der Waals surface area (Å²) >= 11 is 0. The summed E-state index contributed by atoms with van der Waals surface area (Å²) in [7, 11) is 0. The molecule has 0 radical (unpaired) electrons. The zero-order valence-electron chi connectivity index (χ0n) is 18.8. The SMILES string of the molecule is CCCCOc1nc(OCCCC)n(Cc2ccc(Cc3cccc(C(=O)O)c3)cc2)n1. The Balaban J connectivity index is 1.68. The van der Waals surface area contributed by atoms with E-state index in [2.05, 4.69) is 36.1 Å². The molecule has 0 spiro atoms. The molecular formula is C25H31N3O4. The highest BCUT2D eigenvalue weighted by molar-refractivity contribution is 5.87. The van der Waals surface area contributed by atoms with Crippen molar-refractivity contribution in [1.82, 2.24) is 14.8 Å². The topological polar surface area (TPSA) is 86.5 Å². The van der Waals surface area contributed by atoms with E-state index < -0.39 is 5.97 Å². The molecule has 0 amide bonds. The molecule has 0 saturated carbocycles. The number of rotatable bonds is 13. The van der Waals surface area contributed by atoms with Crippen LogP contribution in [-0.4, -0.2) is 39.1 Å². The van der Waals surface area contributed by atoms with Crippen LogP contribution in [0.2, 0.25) is 0 Å². The quantitative estimate of drug-likeness (QED) is 0.380. The summed E-state index contributed by atoms with van der Waals surface area (Å²) in [6, 6.07) is 16.1. The normalized spacial score (nSPS) is 10.8. The average Bonchev–Trinajstić information content (AvgIpc) is 3.17. The first-order chi connectivity index (χ1) is 15.6. The molecule has 7 nitrogen and oxygen atoms in total. The first kappa shape index (κ1) is 23.3. The van der Waals surface area contributed by atoms with Gasteiger partial charge in [0.05, 0.1) is 25.3 Å². The Bertz CT molecular complexity index is 999. The molecule has 0 atom stereocenters. The fraction of sp³-hybridized carbons (Fsp3) is 0.400. The predicted molar refractivity (Wildman–Crippen MR) is 123 cm³/mol. The zero-order chi connectivity index (χ0) is 22.8. The molecular weight excluding hydrogens is 406 g/mol. The molecule has 3 rings (SSSR count). The number of hydrogen-bond donors (Lipinski definition) is 1. The number of unbranched alkanes of at least 4 members (excludes halogenated alkanes) is 2. The molecule has 1 N–H and O–H groups in total. The molecule has 0 unspecified atom stereocenters. The van der Waals surface area contributed by atoms with Crippen LogP contribution in [0.1, 0.15) is 66.6 Å². The number of hydrogen-bond acceptors (Lipinski definition) is 5. The minimum atomic E-state index is -0.912. The fourth-order valence-corrected chi connectivity index (χ4v) is 3.18. The summed E-state index contributed by atoms with van der Waals surface area (Å²) in [5.41, 5.74) is 3.45. The van der Waals surface area contributed by atoms with Gasteiger partial charge in [0.2, 0.25) is 0 Å². The van der Waals surface area contributed by atoms with Crippen molar-refractivity contribution in [3.63, 3.8) is 0 Å². The first-order valence-electron chi connectivity index (χ1n) is 11.2. The van der Waals surface area contributed by atoms with E-state index in [1.165, 1.54) is 0 Å². The molecule has 0 saturated heterocycles. The fourth-order valence-electron chi connectivity index (χ4n) is 3.18. The van der Waals surface area contributed by atoms with Gasteiger partial charge in [0.1, 0.15) is 0 Å². The molecule has 0 aliphatic rings. The van der Waals surface area contributed by atoms with E-state index in [9.17, 15) is 9.90 Å². The molecule has 0 bridgehead atoms. The van der Waals surface area contributed by atoms with Crippen molar-refractivity contribution >= 4 is 5.97 Å². The lowest BCUT2D eigenvalue weighted by molar-refractivity contribution is 0.0696. The summed E-state index contributed by atoms with van der Waals surface area (Å²) in [6.45, 7) is 5.94. The van der Waals surface area contributed by atoms with Crippen LogP contribution in [0.15, 0.2) is 48.5 Å². The maximum atomic E-state index is 11.2. The van der Waals surface area contributed by atoms with Gasteiger partial charge in [-0.3, -0.25) is 0 Å². The van der Waals surface area contributed by atoms with E-state index in [0.29, 0.717) is 43.8 Å². The van der Waals surface area contributed by atoms with Crippen molar-refractivity contribution in [1.29, 1.82) is 0 Å². The lowest BCUT2D eigenvalue weighted by Gasteiger charge is -2.08. The van der Waals surface area contributed by atoms with Crippen LogP contribution in [0.5, 0.6) is 12.0 Å². The number of aromatic nitrogens is 3. The number of carbonyl (C=O) groups is 1. The van der Waals surface area contributed by atoms with E-state index in [1.54, 1.807) is 22.9 Å². The van der Waals surface area contributed by atoms with Crippen LogP contribution >= 0.6 is 0 Å². The van der Waals surface area contributed by atoms with Crippen LogP contribution in [0, 0.1) is 0 Å². The van der Waals surface area contributed by atoms with Gasteiger partial charge in [-0.25, -0.2) is 9.48 Å². The van der Waals surface area contributed by atoms with Crippen LogP contribution < -0.4 is 9.47 Å². The minimum absolute atomic E-state index is 0.304. The lowest BCUT2D eigenvalue weighted by atomic mass is 10.0. The standard InChI is InChI=1S/C25H31N3O4/c1-3-5-14-31-24-26-25(32-15-6-4-2)28(27-24)18-20-12-10-19(11-13-20)16-21-8-7-9-22(17-21)23(29)30/h7-13,17H,3-6,14-16,18H2,1-2H3,(H,29,30). The smallest absolute Gasteiger partial charge is 0.338 e. The third kappa shape index (κ3) is 6.83. The Hall–Kier alpha value is -3.35. The number of ether oxygens (including phenoxy) is 2. The maximum absolute atomic E-state index is 11.2. The summed E-state index contributed by atoms with van der Waals surface area (Å²) in [5.74, 6) is -0.912. The largest absolute Gasteiger partial charge is 0.478 e. The summed E-state index contributed by atoms with van der Waals surface area (Å²) in [6.07, 6.45) is 4.68. The Morgan fingerprint density at radius 1 is 0.938 bits per heavy atom. The van der Waals surface area contributed by atoms with Gasteiger partial charge in [-0.05, 0) is 48.1 Å². The van der Waals surface area contributed by atoms with Gasteiger partial charge >= 0.3 is 18.0 Å². The van der Waals surface area contributed by atoms with Crippen molar-refractivity contribution in [3.8, 4) is 12.0 Å². The summed E-state index contributed by atoms with van der Waals surface area (Å²) in [5, 5.41) is 13.6. The number of aromatic carboxylic acids is 1. The second-order valence-corrected chi connectivity index (χ2v) is 7.74. The van der Waals surface area contributed by atoms with E-state index in [0.717, 1.165) is 42.4 Å². The second kappa shape index (κ2) is 11.9. The molecule has 1 heterocycles. The molecule has 1 aromatic heterocycles. The van der Waals surface area contributed by atoms with Crippen molar-refractivity contribution in [3.05, 3.63) is 70.8 Å². The lowest BCUT2D eigenvalue weighted by Crippen LogP contribution is -2.08. The van der Waals surface area contributed by atoms with Gasteiger partial charge in [-0.2, -0.15) is 0 Å². The van der Waals surface area contributed by atoms with Gasteiger partial charge in [0.25, 0.3) is 0 Å². The number of carboxylic acids is 1. The molecule has 7 heteroatoms. The highest BCUT2D eigenvalue weighted by atomic mass is 16.5. The van der Waals surface area contributed by atoms with Gasteiger partial charge < -0.3 is 14.6 Å². The van der Waals surface area contributed by atoms with Crippen molar-refractivity contribution < 1.29 is 19.4 Å². The second-order valence-electron chi connectivity index (χ2n) is 7.74. The van der Waals surface area contributed by atoms with E-state index in [-0.39, 0.29) is 0 Å². The van der Waals surface area contributed by atoms with E-state index in [1.807, 2.05) is 18.2 Å². The number of nitrogens with zero attached hydrogens (tertiary/aromatic N) is 3. The molecule has 2 aromatic carbocycles. The highest BCUT2D eigenvalue weighted by Gasteiger charge is 2.13. The average molecular weight is 438 g/mol. The Morgan fingerprint density at radius 2 is 1.62 bits per heavy atom. The van der Waals surface area contributed by atoms with Crippen LogP contribution in [0.25, 0.3) is 0 Å². The zero-order valence-corrected chi connectivity index (χ0v) is 18.8. The van der Waals surface area contributed by atoms with Crippen LogP contribution in [0.3, 0.4) is 0 Å². The first-order valence-corrected chi connectivity index (χ1v) is 11.2. The summed E-state index contributed by atoms with van der Waals surface area (Å²) in [4.78, 5) is 15.6. The van der Waals surface area contributed by atoms with Crippen LogP contribution in [0.4, 0.5) is 0 Å². The highest BCUT2D eigenvalue weighted by Crippen LogP contribution is 2.18. The van der Waals surface area contributed by atoms with E-state index >= 15 is 0 Å². The third-order valence-corrected chi connectivity index (χ3v) is 5.01. The van der Waals surface area contributed by atoms with Crippen molar-refractivity contribution in [2.75, 3.05) is 13.2 Å². The third-order valence-electron chi connectivity index (χ3n) is 5.01. The molecule has 0 aliphatic carbocycles. The molecule has 170 valence electrons. The minimum Gasteiger partial charge on any atom is -0.478 e. The number of carboxylic acid groups (broad SMARTS) is 1. The van der Waals surface area contributed by atoms with Crippen LogP contribution in [-0.2, 0) is 13.0 Å². The predicted octanol–water partition coefficient (Wildman–Crippen LogP) is 4.97. The molecule has 0 fully saturated rings. The number of benzene rings is 2. The van der Waals surface area contributed by atoms with Gasteiger partial charge in [0.15, 0.2) is 0 Å². The molecule has 32 heavy (non-hydrogen) atoms. The molecule has 0 aliphatic heterocycles. The van der Waals surface area contributed by atoms with Gasteiger partial charge in [0, 0.05) is 0 Å². The monoisotopic (exact) mass is 437 g/mol. The van der Waals surface area contributed by atoms with Gasteiger partial charge in [-0.15, -0.1) is 10.1 Å². The van der Waals surface area contributed by atoms with Gasteiger partial charge in [-0.1, -0.05) is 63.1 Å². The van der Waals surface area contributed by atoms with Crippen molar-refractivity contribution in [2.45, 2.75) is 52.5 Å². The Morgan fingerprint density at radius 3 is 2.31 bits per heavy atom. The summed E-state index contributed by atoms with van der Waals surface area (Å²) < 4.78 is 13.2. The Labute approximate surface area is 189 Å². The van der Waals surface area contributed by atoms with Crippen molar-refractivity contribution in [2.24, 2.45) is 0 Å². The van der Waals surface area contributed by atoms with E-state index in [4.69, 9.17) is 9.47 Å². The maximum Gasteiger partial charge on any atom is 0.338 e. The Kier molecular flexibility index (Phi) is 8.66.